The van der Waals surface area contributed by atoms with Crippen LogP contribution in [0.15, 0.2) is 78.9 Å². The Kier molecular flexibility index (Phi) is 9.55. The normalized spacial score (nSPS) is 14.1. The minimum absolute atomic E-state index is 0.225. The van der Waals surface area contributed by atoms with E-state index in [1.165, 1.54) is 12.1 Å². The molecule has 0 unspecified atom stereocenters. The van der Waals surface area contributed by atoms with Crippen LogP contribution in [0.25, 0.3) is 5.69 Å². The number of piperidine rings is 1. The van der Waals surface area contributed by atoms with Gasteiger partial charge in [-0.25, -0.2) is 9.48 Å². The summed E-state index contributed by atoms with van der Waals surface area (Å²) >= 11 is 0. The quantitative estimate of drug-likeness (QED) is 0.199. The number of nitrogens with one attached hydrogen (secondary N) is 2. The van der Waals surface area contributed by atoms with E-state index >= 15 is 0 Å². The number of hydrogen-bond acceptors (Lipinski definition) is 4. The number of Topliss-reactive ketones (excluding diaryl/α,β-unsaturated/α-hetero) is 1. The number of alkyl halides is 3. The first-order chi connectivity index (χ1) is 22.2. The molecule has 1 aliphatic heterocycles. The van der Waals surface area contributed by atoms with Crippen LogP contribution in [0.1, 0.15) is 71.1 Å². The molecular formula is C36H38F3N5O3. The number of aryl methyl sites for hydroxylation is 1. The van der Waals surface area contributed by atoms with Crippen molar-refractivity contribution < 1.29 is 27.6 Å². The number of carbonyl (C=O) groups excluding carboxylic acids is 3. The number of carbonyl (C=O) groups is 3. The zero-order valence-corrected chi connectivity index (χ0v) is 26.8. The average molecular weight is 646 g/mol. The predicted octanol–water partition coefficient (Wildman–Crippen LogP) is 7.96. The number of rotatable bonds is 7. The number of amides is 3. The summed E-state index contributed by atoms with van der Waals surface area (Å²) in [5, 5.41) is 10.8. The van der Waals surface area contributed by atoms with Gasteiger partial charge in [-0.3, -0.25) is 14.9 Å². The molecule has 2 N–H and O–H groups in total. The first kappa shape index (κ1) is 33.4. The van der Waals surface area contributed by atoms with Crippen LogP contribution in [-0.2, 0) is 11.8 Å². The van der Waals surface area contributed by atoms with E-state index in [1.807, 2.05) is 61.5 Å². The molecule has 0 radical (unpaired) electrons. The van der Waals surface area contributed by atoms with Crippen LogP contribution in [0, 0.1) is 12.8 Å². The summed E-state index contributed by atoms with van der Waals surface area (Å²) in [5.74, 6) is -1.41. The fourth-order valence-electron chi connectivity index (χ4n) is 5.57. The molecule has 3 aromatic carbocycles. The Morgan fingerprint density at radius 3 is 2.09 bits per heavy atom. The molecule has 0 bridgehead atoms. The molecular weight excluding hydrogens is 607 g/mol. The van der Waals surface area contributed by atoms with E-state index in [1.54, 1.807) is 9.58 Å². The van der Waals surface area contributed by atoms with Gasteiger partial charge < -0.3 is 10.2 Å². The second-order valence-electron chi connectivity index (χ2n) is 13.0. The van der Waals surface area contributed by atoms with Gasteiger partial charge in [0.1, 0.15) is 5.82 Å². The lowest BCUT2D eigenvalue weighted by Gasteiger charge is -2.32. The molecule has 8 nitrogen and oxygen atoms in total. The van der Waals surface area contributed by atoms with Crippen molar-refractivity contribution in [3.8, 4) is 5.69 Å². The highest BCUT2D eigenvalue weighted by atomic mass is 19.4. The highest BCUT2D eigenvalue weighted by Gasteiger charge is 2.39. The topological polar surface area (TPSA) is 96.3 Å². The number of ketones is 1. The zero-order chi connectivity index (χ0) is 33.9. The third-order valence-corrected chi connectivity index (χ3v) is 8.33. The number of urea groups is 1. The van der Waals surface area contributed by atoms with E-state index in [9.17, 15) is 27.6 Å². The molecule has 1 aromatic heterocycles. The summed E-state index contributed by atoms with van der Waals surface area (Å²) in [4.78, 5) is 39.5. The van der Waals surface area contributed by atoms with E-state index in [2.05, 4.69) is 31.4 Å². The van der Waals surface area contributed by atoms with Crippen LogP contribution in [0.2, 0.25) is 0 Å². The van der Waals surface area contributed by atoms with Gasteiger partial charge in [-0.1, -0.05) is 68.8 Å². The fourth-order valence-corrected chi connectivity index (χ4v) is 5.57. The molecule has 47 heavy (non-hydrogen) atoms. The maximum Gasteiger partial charge on any atom is 0.454 e. The number of hydrogen-bond donors (Lipinski definition) is 2. The van der Waals surface area contributed by atoms with E-state index in [0.29, 0.717) is 31.0 Å². The predicted molar refractivity (Wildman–Crippen MR) is 175 cm³/mol. The van der Waals surface area contributed by atoms with Crippen molar-refractivity contribution in [1.82, 2.24) is 14.7 Å². The summed E-state index contributed by atoms with van der Waals surface area (Å²) in [5.41, 5.74) is 3.97. The van der Waals surface area contributed by atoms with Gasteiger partial charge in [0.25, 0.3) is 11.7 Å². The zero-order valence-electron chi connectivity index (χ0n) is 26.8. The maximum atomic E-state index is 13.3. The lowest BCUT2D eigenvalue weighted by molar-refractivity contribution is -0.0885. The van der Waals surface area contributed by atoms with Crippen LogP contribution in [-0.4, -0.2) is 51.7 Å². The van der Waals surface area contributed by atoms with Crippen molar-refractivity contribution in [3.05, 3.63) is 107 Å². The second kappa shape index (κ2) is 13.4. The summed E-state index contributed by atoms with van der Waals surface area (Å²) in [6.07, 6.45) is -2.82. The van der Waals surface area contributed by atoms with E-state index in [0.717, 1.165) is 47.5 Å². The Labute approximate surface area is 272 Å². The van der Waals surface area contributed by atoms with Crippen LogP contribution in [0.5, 0.6) is 0 Å². The van der Waals surface area contributed by atoms with Crippen LogP contribution < -0.4 is 10.6 Å². The Morgan fingerprint density at radius 2 is 1.47 bits per heavy atom. The van der Waals surface area contributed by atoms with Crippen molar-refractivity contribution in [3.63, 3.8) is 0 Å². The number of aromatic nitrogens is 2. The van der Waals surface area contributed by atoms with Gasteiger partial charge in [0, 0.05) is 41.4 Å². The number of benzene rings is 3. The van der Waals surface area contributed by atoms with Crippen molar-refractivity contribution >= 4 is 29.2 Å². The SMILES string of the molecule is Cc1ccc(-n2nc(C(C)(C)C)cc2NC(=O)Nc2ccccc2CC2CCN(C(=O)c3ccc(C(=O)C(F)(F)F)cc3)CC2)cc1. The maximum absolute atomic E-state index is 13.3. The van der Waals surface area contributed by atoms with Crippen LogP contribution >= 0.6 is 0 Å². The van der Waals surface area contributed by atoms with Gasteiger partial charge in [0.15, 0.2) is 0 Å². The lowest BCUT2D eigenvalue weighted by Crippen LogP contribution is -2.39. The first-order valence-corrected chi connectivity index (χ1v) is 15.5. The molecule has 1 saturated heterocycles. The monoisotopic (exact) mass is 645 g/mol. The first-order valence-electron chi connectivity index (χ1n) is 15.5. The van der Waals surface area contributed by atoms with Gasteiger partial charge in [-0.2, -0.15) is 18.3 Å². The standard InChI is InChI=1S/C36H38F3N5O3/c1-23-9-15-28(16-10-23)44-31(22-30(42-44)35(2,3)4)41-34(47)40-29-8-6-5-7-27(29)21-24-17-19-43(20-18-24)33(46)26-13-11-25(12-14-26)32(45)36(37,38)39/h5-16,22,24H,17-21H2,1-4H3,(H2,40,41,47). The van der Waals surface area contributed by atoms with E-state index in [4.69, 9.17) is 5.10 Å². The third kappa shape index (κ3) is 8.08. The number of para-hydroxylation sites is 1. The van der Waals surface area contributed by atoms with E-state index in [-0.39, 0.29) is 22.8 Å². The van der Waals surface area contributed by atoms with Crippen molar-refractivity contribution in [2.75, 3.05) is 23.7 Å². The molecule has 11 heteroatoms. The molecule has 2 heterocycles. The molecule has 1 fully saturated rings. The summed E-state index contributed by atoms with van der Waals surface area (Å²) in [6, 6.07) is 21.6. The number of likely N-dealkylation sites (tertiary alicyclic amines) is 1. The average Bonchev–Trinajstić information content (AvgIpc) is 3.46. The lowest BCUT2D eigenvalue weighted by atomic mass is 9.89. The smallest absolute Gasteiger partial charge is 0.339 e. The molecule has 0 spiro atoms. The molecule has 5 rings (SSSR count). The number of anilines is 2. The highest BCUT2D eigenvalue weighted by molar-refractivity contribution is 6.02. The van der Waals surface area contributed by atoms with Gasteiger partial charge in [-0.05, 0) is 68.0 Å². The number of nitrogens with zero attached hydrogens (tertiary/aromatic N) is 3. The van der Waals surface area contributed by atoms with Crippen molar-refractivity contribution in [2.45, 2.75) is 58.5 Å². The Balaban J connectivity index is 1.21. The minimum atomic E-state index is -4.97. The third-order valence-electron chi connectivity index (χ3n) is 8.33. The Hall–Kier alpha value is -4.93. The van der Waals surface area contributed by atoms with Gasteiger partial charge in [0.05, 0.1) is 11.4 Å². The molecule has 1 aliphatic rings. The van der Waals surface area contributed by atoms with Gasteiger partial charge in [0.2, 0.25) is 0 Å². The Bertz CT molecular complexity index is 1750. The van der Waals surface area contributed by atoms with Crippen LogP contribution in [0.3, 0.4) is 0 Å². The van der Waals surface area contributed by atoms with Gasteiger partial charge >= 0.3 is 12.2 Å². The van der Waals surface area contributed by atoms with Crippen molar-refractivity contribution in [1.29, 1.82) is 0 Å². The summed E-state index contributed by atoms with van der Waals surface area (Å²) < 4.78 is 39.9. The summed E-state index contributed by atoms with van der Waals surface area (Å²) in [6.45, 7) is 9.19. The molecule has 0 aliphatic carbocycles. The fraction of sp³-hybridized carbons (Fsp3) is 0.333. The summed E-state index contributed by atoms with van der Waals surface area (Å²) in [7, 11) is 0. The molecule has 246 valence electrons. The Morgan fingerprint density at radius 1 is 0.851 bits per heavy atom. The second-order valence-corrected chi connectivity index (χ2v) is 13.0. The largest absolute Gasteiger partial charge is 0.454 e. The highest BCUT2D eigenvalue weighted by Crippen LogP contribution is 2.29. The molecule has 0 saturated carbocycles. The van der Waals surface area contributed by atoms with Crippen molar-refractivity contribution in [2.24, 2.45) is 5.92 Å². The van der Waals surface area contributed by atoms with Gasteiger partial charge in [-0.15, -0.1) is 0 Å². The molecule has 3 amide bonds. The molecule has 0 atom stereocenters. The number of halogens is 3. The minimum Gasteiger partial charge on any atom is -0.339 e. The molecule has 4 aromatic rings. The van der Waals surface area contributed by atoms with Crippen LogP contribution in [0.4, 0.5) is 29.5 Å². The van der Waals surface area contributed by atoms with E-state index < -0.39 is 23.6 Å².